The van der Waals surface area contributed by atoms with Gasteiger partial charge in [-0.15, -0.1) is 0 Å². The number of nitrogen functional groups attached to an aromatic ring is 1. The quantitative estimate of drug-likeness (QED) is 0.266. The van der Waals surface area contributed by atoms with Gasteiger partial charge >= 0.3 is 5.97 Å². The molecule has 1 aliphatic heterocycles. The Morgan fingerprint density at radius 3 is 2.56 bits per heavy atom. The molecule has 0 spiro atoms. The number of amides is 1. The van der Waals surface area contributed by atoms with Gasteiger partial charge < -0.3 is 16.2 Å². The largest absolute Gasteiger partial charge is 0.481 e. The molecule has 2 aromatic heterocycles. The van der Waals surface area contributed by atoms with E-state index in [1.165, 1.54) is 18.2 Å². The van der Waals surface area contributed by atoms with Crippen molar-refractivity contribution >= 4 is 34.4 Å². The number of carboxylic acids is 1. The Morgan fingerprint density at radius 2 is 1.83 bits per heavy atom. The number of nitrogens with zero attached hydrogens (tertiary/aromatic N) is 4. The lowest BCUT2D eigenvalue weighted by molar-refractivity contribution is -0.137. The van der Waals surface area contributed by atoms with E-state index in [-0.39, 0.29) is 42.0 Å². The van der Waals surface area contributed by atoms with Gasteiger partial charge in [0.2, 0.25) is 5.91 Å². The first-order chi connectivity index (χ1) is 19.6. The van der Waals surface area contributed by atoms with E-state index < -0.39 is 23.0 Å². The molecular formula is C30H24F2N6O3. The molecule has 11 heteroatoms. The lowest BCUT2D eigenvalue weighted by Gasteiger charge is -2.23. The third-order valence-corrected chi connectivity index (χ3v) is 7.48. The second-order valence-electron chi connectivity index (χ2n) is 10.1. The Kier molecular flexibility index (Phi) is 6.21. The zero-order chi connectivity index (χ0) is 28.9. The van der Waals surface area contributed by atoms with Crippen molar-refractivity contribution in [3.63, 3.8) is 0 Å². The number of aryl methyl sites for hydroxylation is 1. The summed E-state index contributed by atoms with van der Waals surface area (Å²) >= 11 is 0. The zero-order valence-corrected chi connectivity index (χ0v) is 21.9. The van der Waals surface area contributed by atoms with Gasteiger partial charge in [-0.3, -0.25) is 14.3 Å². The minimum atomic E-state index is -1.21. The van der Waals surface area contributed by atoms with Crippen LogP contribution in [-0.4, -0.2) is 36.7 Å². The van der Waals surface area contributed by atoms with Crippen LogP contribution in [0.1, 0.15) is 35.6 Å². The number of carboxylic acid groups (broad SMARTS) is 1. The molecule has 9 nitrogen and oxygen atoms in total. The van der Waals surface area contributed by atoms with E-state index in [9.17, 15) is 18.4 Å². The van der Waals surface area contributed by atoms with Gasteiger partial charge in [-0.25, -0.2) is 18.7 Å². The second kappa shape index (κ2) is 9.77. The summed E-state index contributed by atoms with van der Waals surface area (Å²) in [6.45, 7) is 1.81. The standard InChI is InChI=1S/C30H24F2N6O3/c1-30(18-9-6-16(7-10-18)8-13-23(39)40)24-26(33)34-28(35-27(24)36-29(30)41)25-20-14-19(31)11-12-22(20)38(37-25)15-17-4-2-3-5-21(17)32/h2-7,9-12,14H,8,13,15H2,1H3,(H,39,40)(H3,33,34,35,36,41). The zero-order valence-electron chi connectivity index (χ0n) is 21.9. The van der Waals surface area contributed by atoms with Gasteiger partial charge in [0.05, 0.1) is 17.6 Å². The van der Waals surface area contributed by atoms with Gasteiger partial charge in [0.25, 0.3) is 0 Å². The molecule has 1 aliphatic rings. The predicted octanol–water partition coefficient (Wildman–Crippen LogP) is 4.68. The maximum Gasteiger partial charge on any atom is 0.303 e. The molecule has 3 aromatic carbocycles. The van der Waals surface area contributed by atoms with Crippen LogP contribution in [0.25, 0.3) is 22.4 Å². The molecule has 5 aromatic rings. The van der Waals surface area contributed by atoms with Crippen LogP contribution in [0, 0.1) is 11.6 Å². The number of nitrogens with two attached hydrogens (primary N) is 1. The molecule has 0 saturated carbocycles. The number of aromatic nitrogens is 4. The number of carbonyl (C=O) groups is 2. The molecule has 206 valence electrons. The van der Waals surface area contributed by atoms with Crippen molar-refractivity contribution in [3.05, 3.63) is 101 Å². The molecular weight excluding hydrogens is 530 g/mol. The summed E-state index contributed by atoms with van der Waals surface area (Å²) in [6.07, 6.45) is 0.361. The van der Waals surface area contributed by atoms with Crippen LogP contribution in [0.5, 0.6) is 0 Å². The Balaban J connectivity index is 1.42. The topological polar surface area (TPSA) is 136 Å². The van der Waals surface area contributed by atoms with Gasteiger partial charge in [-0.05, 0) is 48.7 Å². The molecule has 1 amide bonds. The molecule has 0 saturated heterocycles. The first-order valence-electron chi connectivity index (χ1n) is 12.9. The highest BCUT2D eigenvalue weighted by Gasteiger charge is 2.47. The van der Waals surface area contributed by atoms with Crippen LogP contribution in [0.15, 0.2) is 66.7 Å². The number of fused-ring (bicyclic) bond motifs is 2. The summed E-state index contributed by atoms with van der Waals surface area (Å²) in [5.41, 5.74) is 8.28. The van der Waals surface area contributed by atoms with E-state index in [1.807, 2.05) is 0 Å². The van der Waals surface area contributed by atoms with Crippen molar-refractivity contribution in [3.8, 4) is 11.5 Å². The Bertz CT molecular complexity index is 1850. The second-order valence-corrected chi connectivity index (χ2v) is 10.1. The lowest BCUT2D eigenvalue weighted by atomic mass is 9.77. The van der Waals surface area contributed by atoms with Gasteiger partial charge in [0, 0.05) is 17.4 Å². The highest BCUT2D eigenvalue weighted by molar-refractivity contribution is 6.09. The Labute approximate surface area is 232 Å². The third kappa shape index (κ3) is 4.45. The van der Waals surface area contributed by atoms with Gasteiger partial charge in [0.15, 0.2) is 5.82 Å². The number of rotatable bonds is 7. The maximum absolute atomic E-state index is 14.4. The average molecular weight is 555 g/mol. The van der Waals surface area contributed by atoms with Crippen LogP contribution >= 0.6 is 0 Å². The van der Waals surface area contributed by atoms with Gasteiger partial charge in [-0.1, -0.05) is 42.5 Å². The summed E-state index contributed by atoms with van der Waals surface area (Å²) < 4.78 is 30.3. The summed E-state index contributed by atoms with van der Waals surface area (Å²) in [7, 11) is 0. The number of hydrogen-bond donors (Lipinski definition) is 3. The molecule has 1 unspecified atom stereocenters. The molecule has 0 aliphatic carbocycles. The van der Waals surface area contributed by atoms with E-state index in [4.69, 9.17) is 10.8 Å². The Morgan fingerprint density at radius 1 is 1.07 bits per heavy atom. The summed E-state index contributed by atoms with van der Waals surface area (Å²) in [4.78, 5) is 33.3. The van der Waals surface area contributed by atoms with Crippen LogP contribution < -0.4 is 11.1 Å². The number of hydrogen-bond acceptors (Lipinski definition) is 6. The predicted molar refractivity (Wildman–Crippen MR) is 148 cm³/mol. The van der Waals surface area contributed by atoms with Crippen LogP contribution in [0.3, 0.4) is 0 Å². The fourth-order valence-electron chi connectivity index (χ4n) is 5.27. The monoisotopic (exact) mass is 554 g/mol. The van der Waals surface area contributed by atoms with Crippen LogP contribution in [0.4, 0.5) is 20.4 Å². The fourth-order valence-corrected chi connectivity index (χ4v) is 5.27. The third-order valence-electron chi connectivity index (χ3n) is 7.48. The summed E-state index contributed by atoms with van der Waals surface area (Å²) in [5, 5.41) is 16.8. The van der Waals surface area contributed by atoms with E-state index in [0.29, 0.717) is 34.0 Å². The SMILES string of the molecule is CC1(c2ccc(CCC(=O)O)cc2)C(=O)Nc2nc(-c3nn(Cc4ccccc4F)c4ccc(F)cc34)nc(N)c21. The van der Waals surface area contributed by atoms with Crippen molar-refractivity contribution in [2.24, 2.45) is 0 Å². The van der Waals surface area contributed by atoms with E-state index in [0.717, 1.165) is 5.56 Å². The maximum atomic E-state index is 14.4. The van der Waals surface area contributed by atoms with Crippen molar-refractivity contribution in [2.75, 3.05) is 11.1 Å². The number of anilines is 2. The number of aliphatic carboxylic acids is 1. The molecule has 0 fully saturated rings. The smallest absolute Gasteiger partial charge is 0.303 e. The first-order valence-corrected chi connectivity index (χ1v) is 12.9. The minimum Gasteiger partial charge on any atom is -0.481 e. The molecule has 0 bridgehead atoms. The average Bonchev–Trinajstić information content (AvgIpc) is 3.43. The first kappa shape index (κ1) is 26.1. The van der Waals surface area contributed by atoms with Crippen molar-refractivity contribution < 1.29 is 23.5 Å². The summed E-state index contributed by atoms with van der Waals surface area (Å²) in [6, 6.07) is 17.6. The number of carbonyl (C=O) groups excluding carboxylic acids is 1. The lowest BCUT2D eigenvalue weighted by Crippen LogP contribution is -2.33. The van der Waals surface area contributed by atoms with E-state index in [2.05, 4.69) is 20.4 Å². The van der Waals surface area contributed by atoms with Crippen LogP contribution in [0.2, 0.25) is 0 Å². The van der Waals surface area contributed by atoms with E-state index in [1.54, 1.807) is 60.1 Å². The number of benzene rings is 3. The van der Waals surface area contributed by atoms with Crippen molar-refractivity contribution in [1.29, 1.82) is 0 Å². The van der Waals surface area contributed by atoms with E-state index >= 15 is 0 Å². The molecule has 1 atom stereocenters. The Hall–Kier alpha value is -5.19. The van der Waals surface area contributed by atoms with Crippen molar-refractivity contribution in [2.45, 2.75) is 31.7 Å². The normalized spacial score (nSPS) is 16.1. The fraction of sp³-hybridized carbons (Fsp3) is 0.167. The highest BCUT2D eigenvalue weighted by atomic mass is 19.1. The van der Waals surface area contributed by atoms with Gasteiger partial charge in [0.1, 0.15) is 34.4 Å². The number of halogens is 2. The number of nitrogens with one attached hydrogen (secondary N) is 1. The van der Waals surface area contributed by atoms with Crippen molar-refractivity contribution in [1.82, 2.24) is 19.7 Å². The molecule has 41 heavy (non-hydrogen) atoms. The van der Waals surface area contributed by atoms with Gasteiger partial charge in [-0.2, -0.15) is 5.10 Å². The minimum absolute atomic E-state index is 0.00185. The summed E-state index contributed by atoms with van der Waals surface area (Å²) in [5.74, 6) is -1.79. The molecule has 3 heterocycles. The highest BCUT2D eigenvalue weighted by Crippen LogP contribution is 2.45. The molecule has 4 N–H and O–H groups in total. The van der Waals surface area contributed by atoms with Crippen LogP contribution in [-0.2, 0) is 28.0 Å². The molecule has 6 rings (SSSR count). The molecule has 0 radical (unpaired) electrons.